The largest absolute Gasteiger partial charge is 0.380 e. The van der Waals surface area contributed by atoms with Gasteiger partial charge in [-0.25, -0.2) is 4.79 Å². The van der Waals surface area contributed by atoms with Crippen LogP contribution in [0.5, 0.6) is 0 Å². The minimum absolute atomic E-state index is 0.0952. The number of aryl methyl sites for hydroxylation is 2. The molecule has 0 atom stereocenters. The quantitative estimate of drug-likeness (QED) is 0.800. The van der Waals surface area contributed by atoms with Crippen molar-refractivity contribution in [3.8, 4) is 0 Å². The summed E-state index contributed by atoms with van der Waals surface area (Å²) in [5.41, 5.74) is 3.73. The van der Waals surface area contributed by atoms with Crippen LogP contribution < -0.4 is 11.0 Å². The van der Waals surface area contributed by atoms with Gasteiger partial charge >= 0.3 is 5.69 Å². The number of methoxy groups -OCH3 is 1. The smallest absolute Gasteiger partial charge is 0.328 e. The summed E-state index contributed by atoms with van der Waals surface area (Å²) in [6.07, 6.45) is 0. The molecule has 1 N–H and O–H groups in total. The number of carbonyl (C=O) groups is 1. The number of aromatic nitrogens is 2. The molecule has 24 heavy (non-hydrogen) atoms. The van der Waals surface area contributed by atoms with Gasteiger partial charge in [0.2, 0.25) is 0 Å². The Morgan fingerprint density at radius 3 is 2.38 bits per heavy atom. The van der Waals surface area contributed by atoms with Crippen molar-refractivity contribution in [2.75, 3.05) is 12.4 Å². The molecule has 0 aliphatic heterocycles. The highest BCUT2D eigenvalue weighted by Gasteiger charge is 2.10. The van der Waals surface area contributed by atoms with Crippen molar-refractivity contribution in [2.24, 2.45) is 14.1 Å². The highest BCUT2D eigenvalue weighted by Crippen LogP contribution is 2.18. The van der Waals surface area contributed by atoms with E-state index in [0.29, 0.717) is 17.9 Å². The van der Waals surface area contributed by atoms with Crippen molar-refractivity contribution < 1.29 is 9.53 Å². The van der Waals surface area contributed by atoms with Crippen molar-refractivity contribution in [1.82, 2.24) is 9.13 Å². The Morgan fingerprint density at radius 1 is 1.04 bits per heavy atom. The van der Waals surface area contributed by atoms with E-state index in [1.54, 1.807) is 54.6 Å². The third-order valence-corrected chi connectivity index (χ3v) is 4.06. The molecule has 1 aromatic heterocycles. The van der Waals surface area contributed by atoms with Gasteiger partial charge in [0.25, 0.3) is 5.91 Å². The van der Waals surface area contributed by atoms with E-state index in [1.165, 1.54) is 0 Å². The van der Waals surface area contributed by atoms with E-state index in [-0.39, 0.29) is 11.6 Å². The number of hydrogen-bond acceptors (Lipinski definition) is 3. The van der Waals surface area contributed by atoms with E-state index in [4.69, 9.17) is 4.74 Å². The first kappa shape index (κ1) is 16.0. The number of ether oxygens (including phenoxy) is 1. The van der Waals surface area contributed by atoms with Crippen LogP contribution >= 0.6 is 0 Å². The topological polar surface area (TPSA) is 65.3 Å². The third kappa shape index (κ3) is 2.83. The maximum atomic E-state index is 12.4. The molecule has 0 saturated heterocycles. The summed E-state index contributed by atoms with van der Waals surface area (Å²) in [6.45, 7) is 0.514. The molecule has 0 saturated carbocycles. The predicted molar refractivity (Wildman–Crippen MR) is 93.3 cm³/mol. The van der Waals surface area contributed by atoms with Gasteiger partial charge in [0.1, 0.15) is 0 Å². The van der Waals surface area contributed by atoms with E-state index >= 15 is 0 Å². The van der Waals surface area contributed by atoms with Crippen molar-refractivity contribution in [2.45, 2.75) is 6.61 Å². The van der Waals surface area contributed by atoms with Crippen LogP contribution in [-0.2, 0) is 25.4 Å². The number of imidazole rings is 1. The number of anilines is 1. The average Bonchev–Trinajstić information content (AvgIpc) is 2.80. The normalized spacial score (nSPS) is 11.0. The Bertz CT molecular complexity index is 952. The van der Waals surface area contributed by atoms with Crippen molar-refractivity contribution >= 4 is 22.6 Å². The number of hydrogen-bond donors (Lipinski definition) is 1. The molecule has 2 aromatic carbocycles. The molecular weight excluding hydrogens is 306 g/mol. The lowest BCUT2D eigenvalue weighted by atomic mass is 10.1. The van der Waals surface area contributed by atoms with Crippen LogP contribution in [0.25, 0.3) is 11.0 Å². The standard InChI is InChI=1S/C18H19N3O3/c1-20-15-9-8-14(10-16(15)21(2)18(20)23)19-17(22)13-6-4-12(5-7-13)11-24-3/h4-10H,11H2,1-3H3,(H,19,22). The van der Waals surface area contributed by atoms with E-state index < -0.39 is 0 Å². The van der Waals surface area contributed by atoms with Crippen molar-refractivity contribution in [3.63, 3.8) is 0 Å². The fraction of sp³-hybridized carbons (Fsp3) is 0.222. The monoisotopic (exact) mass is 325 g/mol. The van der Waals surface area contributed by atoms with E-state index in [9.17, 15) is 9.59 Å². The predicted octanol–water partition coefficient (Wildman–Crippen LogP) is 2.28. The van der Waals surface area contributed by atoms with E-state index in [0.717, 1.165) is 16.6 Å². The van der Waals surface area contributed by atoms with Crippen LogP contribution in [0.1, 0.15) is 15.9 Å². The molecule has 124 valence electrons. The van der Waals surface area contributed by atoms with Crippen LogP contribution in [0, 0.1) is 0 Å². The summed E-state index contributed by atoms with van der Waals surface area (Å²) >= 11 is 0. The van der Waals surface area contributed by atoms with Gasteiger partial charge in [-0.05, 0) is 35.9 Å². The molecule has 0 radical (unpaired) electrons. The Morgan fingerprint density at radius 2 is 1.71 bits per heavy atom. The number of carbonyl (C=O) groups excluding carboxylic acids is 1. The van der Waals surface area contributed by atoms with Crippen LogP contribution in [-0.4, -0.2) is 22.2 Å². The molecule has 6 nitrogen and oxygen atoms in total. The van der Waals surface area contributed by atoms with Gasteiger partial charge in [-0.15, -0.1) is 0 Å². The summed E-state index contributed by atoms with van der Waals surface area (Å²) < 4.78 is 8.20. The van der Waals surface area contributed by atoms with Crippen molar-refractivity contribution in [3.05, 3.63) is 64.1 Å². The summed E-state index contributed by atoms with van der Waals surface area (Å²) in [5.74, 6) is -0.195. The molecule has 0 aliphatic carbocycles. The van der Waals surface area contributed by atoms with E-state index in [1.807, 2.05) is 18.2 Å². The first-order valence-corrected chi connectivity index (χ1v) is 7.56. The number of fused-ring (bicyclic) bond motifs is 1. The Labute approximate surface area is 139 Å². The van der Waals surface area contributed by atoms with Gasteiger partial charge in [-0.1, -0.05) is 12.1 Å². The molecule has 0 aliphatic rings. The average molecular weight is 325 g/mol. The minimum atomic E-state index is -0.195. The second-order valence-corrected chi connectivity index (χ2v) is 5.69. The zero-order chi connectivity index (χ0) is 17.3. The molecule has 6 heteroatoms. The first-order chi connectivity index (χ1) is 11.5. The summed E-state index contributed by atoms with van der Waals surface area (Å²) in [5, 5.41) is 2.86. The SMILES string of the molecule is COCc1ccc(C(=O)Nc2ccc3c(c2)n(C)c(=O)n3C)cc1. The molecule has 1 heterocycles. The Hall–Kier alpha value is -2.86. The summed E-state index contributed by atoms with van der Waals surface area (Å²) in [4.78, 5) is 24.3. The van der Waals surface area contributed by atoms with Gasteiger partial charge in [0.15, 0.2) is 0 Å². The maximum absolute atomic E-state index is 12.4. The number of amides is 1. The van der Waals surface area contributed by atoms with Gasteiger partial charge in [0, 0.05) is 32.5 Å². The first-order valence-electron chi connectivity index (χ1n) is 7.56. The van der Waals surface area contributed by atoms with Crippen LogP contribution in [0.2, 0.25) is 0 Å². The van der Waals surface area contributed by atoms with Crippen LogP contribution in [0.4, 0.5) is 5.69 Å². The lowest BCUT2D eigenvalue weighted by Crippen LogP contribution is -2.19. The molecule has 3 rings (SSSR count). The molecule has 0 bridgehead atoms. The second-order valence-electron chi connectivity index (χ2n) is 5.69. The third-order valence-electron chi connectivity index (χ3n) is 4.06. The van der Waals surface area contributed by atoms with Gasteiger partial charge in [0.05, 0.1) is 17.6 Å². The number of rotatable bonds is 4. The van der Waals surface area contributed by atoms with Crippen molar-refractivity contribution in [1.29, 1.82) is 0 Å². The zero-order valence-corrected chi connectivity index (χ0v) is 13.9. The molecule has 3 aromatic rings. The number of nitrogens with one attached hydrogen (secondary N) is 1. The van der Waals surface area contributed by atoms with Crippen LogP contribution in [0.15, 0.2) is 47.3 Å². The molecular formula is C18H19N3O3. The number of nitrogens with zero attached hydrogens (tertiary/aromatic N) is 2. The van der Waals surface area contributed by atoms with Crippen LogP contribution in [0.3, 0.4) is 0 Å². The second kappa shape index (κ2) is 6.33. The number of benzene rings is 2. The lowest BCUT2D eigenvalue weighted by molar-refractivity contribution is 0.102. The summed E-state index contributed by atoms with van der Waals surface area (Å²) in [6, 6.07) is 12.7. The van der Waals surface area contributed by atoms with Gasteiger partial charge in [-0.2, -0.15) is 0 Å². The molecule has 0 spiro atoms. The Kier molecular flexibility index (Phi) is 4.22. The maximum Gasteiger partial charge on any atom is 0.328 e. The fourth-order valence-corrected chi connectivity index (χ4v) is 2.71. The van der Waals surface area contributed by atoms with E-state index in [2.05, 4.69) is 5.32 Å². The Balaban J connectivity index is 1.85. The molecule has 1 amide bonds. The zero-order valence-electron chi connectivity index (χ0n) is 13.9. The highest BCUT2D eigenvalue weighted by atomic mass is 16.5. The van der Waals surface area contributed by atoms with Gasteiger partial charge in [-0.3, -0.25) is 13.9 Å². The highest BCUT2D eigenvalue weighted by molar-refractivity contribution is 6.05. The minimum Gasteiger partial charge on any atom is -0.380 e. The lowest BCUT2D eigenvalue weighted by Gasteiger charge is -2.07. The molecule has 0 fully saturated rings. The summed E-state index contributed by atoms with van der Waals surface area (Å²) in [7, 11) is 5.07. The fourth-order valence-electron chi connectivity index (χ4n) is 2.71. The van der Waals surface area contributed by atoms with Gasteiger partial charge < -0.3 is 10.1 Å². The molecule has 0 unspecified atom stereocenters.